The third-order valence-corrected chi connectivity index (χ3v) is 0. The second kappa shape index (κ2) is 9.35. The molecule has 0 amide bonds. The molecule has 0 rings (SSSR count). The topological polar surface area (TPSA) is 19.9 Å². The molecule has 0 saturated carbocycles. The Hall–Kier alpha value is -0.0400. The summed E-state index contributed by atoms with van der Waals surface area (Å²) in [5, 5.41) is 9.53. The molecule has 1 nitrogen and oxygen atoms in total. The van der Waals surface area contributed by atoms with Gasteiger partial charge in [-0.3, -0.25) is 0 Å². The maximum absolute atomic E-state index is 9.53. The van der Waals surface area contributed by atoms with Crippen molar-refractivity contribution in [3.63, 3.8) is 0 Å². The first-order chi connectivity index (χ1) is 3.15. The first kappa shape index (κ1) is 10.0. The average Bonchev–Trinajstić information content (AvgIpc) is 1.33. The molecule has 0 N–H and O–H groups in total. The molecule has 7 heavy (non-hydrogen) atoms. The van der Waals surface area contributed by atoms with Gasteiger partial charge in [0, 0.05) is 0 Å². The average molecular weight is 102 g/mol. The van der Waals surface area contributed by atoms with Gasteiger partial charge in [-0.15, -0.1) is 0 Å². The quantitative estimate of drug-likeness (QED) is 0.446. The van der Waals surface area contributed by atoms with Crippen molar-refractivity contribution in [2.75, 3.05) is 0 Å². The summed E-state index contributed by atoms with van der Waals surface area (Å²) >= 11 is 0. The van der Waals surface area contributed by atoms with Crippen LogP contribution in [0.3, 0.4) is 0 Å². The molecule has 0 heterocycles. The van der Waals surface area contributed by atoms with Crippen molar-refractivity contribution in [2.45, 2.75) is 33.8 Å². The van der Waals surface area contributed by atoms with E-state index in [4.69, 9.17) is 0 Å². The lowest BCUT2D eigenvalue weighted by Gasteiger charge is -1.74. The zero-order valence-electron chi connectivity index (χ0n) is 5.56. The van der Waals surface area contributed by atoms with Gasteiger partial charge in [0.15, 0.2) is 0 Å². The molecule has 1 heteroatoms. The van der Waals surface area contributed by atoms with E-state index in [1.165, 1.54) is 0 Å². The molecule has 0 saturated heterocycles. The van der Waals surface area contributed by atoms with Crippen molar-refractivity contribution in [2.24, 2.45) is 0 Å². The molecule has 0 aromatic carbocycles. The molecule has 44 valence electrons. The molecule has 0 spiro atoms. The van der Waals surface area contributed by atoms with Gasteiger partial charge in [0.2, 0.25) is 0 Å². The summed E-state index contributed by atoms with van der Waals surface area (Å²) in [5.41, 5.74) is 0. The zero-order chi connectivity index (χ0) is 6.28. The van der Waals surface area contributed by atoms with Gasteiger partial charge < -0.3 is 0 Å². The Morgan fingerprint density at radius 3 is 1.29 bits per heavy atom. The van der Waals surface area contributed by atoms with E-state index in [-0.39, 0.29) is 0 Å². The van der Waals surface area contributed by atoms with Crippen LogP contribution < -0.4 is 0 Å². The maximum Gasteiger partial charge on any atom is 0.0874 e. The fourth-order valence-electron chi connectivity index (χ4n) is 0. The van der Waals surface area contributed by atoms with E-state index in [0.29, 0.717) is 0 Å². The summed E-state index contributed by atoms with van der Waals surface area (Å²) in [5.74, 6) is 0. The Balaban J connectivity index is 0. The summed E-state index contributed by atoms with van der Waals surface area (Å²) in [4.78, 5) is 0. The lowest BCUT2D eigenvalue weighted by atomic mass is 10.5. The highest BCUT2D eigenvalue weighted by Crippen LogP contribution is 1.67. The molecule has 0 unspecified atom stereocenters. The zero-order valence-corrected chi connectivity index (χ0v) is 5.56. The lowest BCUT2D eigenvalue weighted by molar-refractivity contribution is 0.122. The maximum atomic E-state index is 9.53. The summed E-state index contributed by atoms with van der Waals surface area (Å²) < 4.78 is 0. The Labute approximate surface area is 46.4 Å². The van der Waals surface area contributed by atoms with Crippen LogP contribution in [-0.4, -0.2) is 6.10 Å². The third kappa shape index (κ3) is 58400. The van der Waals surface area contributed by atoms with Gasteiger partial charge in [-0.25, -0.2) is 5.11 Å². The van der Waals surface area contributed by atoms with Crippen molar-refractivity contribution < 1.29 is 5.11 Å². The van der Waals surface area contributed by atoms with E-state index in [0.717, 1.165) is 0 Å². The van der Waals surface area contributed by atoms with E-state index < -0.39 is 6.10 Å². The molecular weight excluding hydrogens is 88.1 g/mol. The first-order valence-corrected chi connectivity index (χ1v) is 2.55. The minimum absolute atomic E-state index is 0.417. The van der Waals surface area contributed by atoms with Crippen LogP contribution in [0.4, 0.5) is 0 Å². The second-order valence-electron chi connectivity index (χ2n) is 1.63. The highest BCUT2D eigenvalue weighted by molar-refractivity contribution is 4.34. The summed E-state index contributed by atoms with van der Waals surface area (Å²) in [6.45, 7) is 7.22. The Morgan fingerprint density at radius 1 is 1.29 bits per heavy atom. The Bertz CT molecular complexity index is 15.4. The minimum atomic E-state index is -0.417. The van der Waals surface area contributed by atoms with Crippen LogP contribution in [-0.2, 0) is 5.11 Å². The monoisotopic (exact) mass is 102 g/mol. The van der Waals surface area contributed by atoms with Crippen LogP contribution >= 0.6 is 0 Å². The standard InChI is InChI=1S/C3H7O.C3H7/c1-3(2)4;1-3-2/h3H,1-2H3;3H,1-2H3. The molecule has 0 aromatic rings. The van der Waals surface area contributed by atoms with Crippen LogP contribution in [0.2, 0.25) is 0 Å². The van der Waals surface area contributed by atoms with Gasteiger partial charge in [0.25, 0.3) is 0 Å². The predicted octanol–water partition coefficient (Wildman–Crippen LogP) is 2.06. The van der Waals surface area contributed by atoms with Gasteiger partial charge in [0.05, 0.1) is 6.10 Å². The van der Waals surface area contributed by atoms with Crippen LogP contribution in [0.1, 0.15) is 27.7 Å². The molecule has 0 aliphatic heterocycles. The Morgan fingerprint density at radius 2 is 1.29 bits per heavy atom. The molecule has 0 aliphatic rings. The molecule has 0 atom stereocenters. The van der Waals surface area contributed by atoms with Crippen LogP contribution in [0.5, 0.6) is 0 Å². The molecule has 0 aliphatic carbocycles. The van der Waals surface area contributed by atoms with Crippen molar-refractivity contribution in [1.82, 2.24) is 0 Å². The first-order valence-electron chi connectivity index (χ1n) is 2.55. The molecule has 0 fully saturated rings. The van der Waals surface area contributed by atoms with Gasteiger partial charge in [0.1, 0.15) is 0 Å². The highest BCUT2D eigenvalue weighted by Gasteiger charge is 1.73. The molecule has 2 radical (unpaired) electrons. The smallest absolute Gasteiger partial charge is 0.0874 e. The van der Waals surface area contributed by atoms with E-state index in [1.54, 1.807) is 13.8 Å². The number of hydrogen-bond acceptors (Lipinski definition) is 0. The van der Waals surface area contributed by atoms with Crippen molar-refractivity contribution in [1.29, 1.82) is 0 Å². The van der Waals surface area contributed by atoms with Gasteiger partial charge in [-0.05, 0) is 20.3 Å². The fraction of sp³-hybridized carbons (Fsp3) is 0.833. The largest absolute Gasteiger partial charge is 0.234 e. The van der Waals surface area contributed by atoms with Crippen LogP contribution in [0.15, 0.2) is 0 Å². The van der Waals surface area contributed by atoms with E-state index in [2.05, 4.69) is 0 Å². The highest BCUT2D eigenvalue weighted by atomic mass is 16.3. The van der Waals surface area contributed by atoms with Crippen molar-refractivity contribution >= 4 is 0 Å². The van der Waals surface area contributed by atoms with Crippen LogP contribution in [0.25, 0.3) is 0 Å². The second-order valence-corrected chi connectivity index (χ2v) is 1.63. The van der Waals surface area contributed by atoms with Gasteiger partial charge in [-0.1, -0.05) is 13.8 Å². The van der Waals surface area contributed by atoms with E-state index in [9.17, 15) is 5.11 Å². The van der Waals surface area contributed by atoms with Gasteiger partial charge >= 0.3 is 0 Å². The molecule has 0 bridgehead atoms. The normalized spacial score (nSPS) is 7.71. The van der Waals surface area contributed by atoms with E-state index >= 15 is 0 Å². The molecule has 0 aromatic heterocycles. The summed E-state index contributed by atoms with van der Waals surface area (Å²) in [6, 6.07) is 0. The SMILES string of the molecule is CC(C)[O].C[CH]C. The summed E-state index contributed by atoms with van der Waals surface area (Å²) in [6.07, 6.45) is 1.58. The minimum Gasteiger partial charge on any atom is -0.234 e. The third-order valence-electron chi connectivity index (χ3n) is 0. The van der Waals surface area contributed by atoms with Crippen molar-refractivity contribution in [3.05, 3.63) is 6.42 Å². The van der Waals surface area contributed by atoms with E-state index in [1.807, 2.05) is 20.3 Å². The lowest BCUT2D eigenvalue weighted by Crippen LogP contribution is -1.81. The van der Waals surface area contributed by atoms with Crippen molar-refractivity contribution in [3.8, 4) is 0 Å². The Kier molecular flexibility index (Phi) is 13.4. The number of hydrogen-bond donors (Lipinski definition) is 0. The number of rotatable bonds is 0. The predicted molar refractivity (Wildman–Crippen MR) is 31.5 cm³/mol. The van der Waals surface area contributed by atoms with Gasteiger partial charge in [-0.2, -0.15) is 0 Å². The fourth-order valence-corrected chi connectivity index (χ4v) is 0. The van der Waals surface area contributed by atoms with Crippen LogP contribution in [0, 0.1) is 6.42 Å². The summed E-state index contributed by atoms with van der Waals surface area (Å²) in [7, 11) is 0. The molecular formula is C6H14O.